The Morgan fingerprint density at radius 2 is 2.04 bits per heavy atom. The zero-order chi connectivity index (χ0) is 18.4. The van der Waals surface area contributed by atoms with E-state index in [1.54, 1.807) is 12.1 Å². The first-order chi connectivity index (χ1) is 12.6. The van der Waals surface area contributed by atoms with Gasteiger partial charge >= 0.3 is 0 Å². The van der Waals surface area contributed by atoms with Gasteiger partial charge in [-0.3, -0.25) is 10.1 Å². The molecule has 138 valence electrons. The van der Waals surface area contributed by atoms with Crippen molar-refractivity contribution in [2.75, 3.05) is 49.7 Å². The number of rotatable bonds is 7. The predicted octanol–water partition coefficient (Wildman–Crippen LogP) is 3.23. The minimum absolute atomic E-state index is 0.0672. The van der Waals surface area contributed by atoms with Crippen LogP contribution in [0.2, 0.25) is 0 Å². The molecular formula is C19H23N3O4. The molecule has 3 rings (SSSR count). The Labute approximate surface area is 152 Å². The quantitative estimate of drug-likeness (QED) is 0.466. The van der Waals surface area contributed by atoms with Gasteiger partial charge < -0.3 is 19.7 Å². The largest absolute Gasteiger partial charge is 0.492 e. The molecule has 1 aliphatic heterocycles. The van der Waals surface area contributed by atoms with E-state index in [9.17, 15) is 10.1 Å². The molecule has 2 aromatic carbocycles. The third-order valence-electron chi connectivity index (χ3n) is 4.23. The van der Waals surface area contributed by atoms with Crippen LogP contribution in [-0.2, 0) is 4.74 Å². The van der Waals surface area contributed by atoms with Crippen molar-refractivity contribution in [3.63, 3.8) is 0 Å². The summed E-state index contributed by atoms with van der Waals surface area (Å²) < 4.78 is 11.1. The molecule has 2 aromatic rings. The predicted molar refractivity (Wildman–Crippen MR) is 101 cm³/mol. The van der Waals surface area contributed by atoms with Gasteiger partial charge in [-0.2, -0.15) is 0 Å². The van der Waals surface area contributed by atoms with Crippen LogP contribution in [0.3, 0.4) is 0 Å². The molecule has 7 heteroatoms. The molecule has 0 aromatic heterocycles. The third-order valence-corrected chi connectivity index (χ3v) is 4.23. The molecule has 0 unspecified atom stereocenters. The van der Waals surface area contributed by atoms with Crippen molar-refractivity contribution in [2.24, 2.45) is 0 Å². The Bertz CT molecular complexity index is 760. The van der Waals surface area contributed by atoms with Gasteiger partial charge in [0.15, 0.2) is 0 Å². The van der Waals surface area contributed by atoms with Crippen molar-refractivity contribution < 1.29 is 14.4 Å². The van der Waals surface area contributed by atoms with E-state index in [1.807, 2.05) is 37.3 Å². The lowest BCUT2D eigenvalue weighted by molar-refractivity contribution is -0.383. The van der Waals surface area contributed by atoms with Gasteiger partial charge in [0.2, 0.25) is 0 Å². The molecular weight excluding hydrogens is 334 g/mol. The fourth-order valence-corrected chi connectivity index (χ4v) is 2.90. The highest BCUT2D eigenvalue weighted by Gasteiger charge is 2.18. The molecule has 26 heavy (non-hydrogen) atoms. The molecule has 0 spiro atoms. The van der Waals surface area contributed by atoms with Crippen molar-refractivity contribution in [1.82, 2.24) is 0 Å². The van der Waals surface area contributed by atoms with Gasteiger partial charge in [0, 0.05) is 31.4 Å². The summed E-state index contributed by atoms with van der Waals surface area (Å²) in [5.74, 6) is 0.795. The second kappa shape index (κ2) is 8.53. The first-order valence-corrected chi connectivity index (χ1v) is 8.68. The maximum Gasteiger partial charge on any atom is 0.292 e. The topological polar surface area (TPSA) is 76.9 Å². The van der Waals surface area contributed by atoms with E-state index >= 15 is 0 Å². The number of hydrogen-bond acceptors (Lipinski definition) is 6. The molecule has 1 saturated heterocycles. The van der Waals surface area contributed by atoms with E-state index in [-0.39, 0.29) is 10.6 Å². The summed E-state index contributed by atoms with van der Waals surface area (Å²) in [6.07, 6.45) is 0. The summed E-state index contributed by atoms with van der Waals surface area (Å²) in [7, 11) is 0. The van der Waals surface area contributed by atoms with Crippen molar-refractivity contribution in [3.8, 4) is 5.75 Å². The maximum absolute atomic E-state index is 11.3. The van der Waals surface area contributed by atoms with Gasteiger partial charge in [-0.1, -0.05) is 12.1 Å². The highest BCUT2D eigenvalue weighted by atomic mass is 16.6. The summed E-state index contributed by atoms with van der Waals surface area (Å²) in [4.78, 5) is 13.1. The number of nitro benzene ring substituents is 1. The second-order valence-corrected chi connectivity index (χ2v) is 6.15. The van der Waals surface area contributed by atoms with E-state index in [0.29, 0.717) is 32.1 Å². The normalized spacial score (nSPS) is 14.1. The molecule has 0 atom stereocenters. The van der Waals surface area contributed by atoms with Crippen LogP contribution in [0.1, 0.15) is 5.56 Å². The molecule has 0 aliphatic carbocycles. The molecule has 1 N–H and O–H groups in total. The number of morpholine rings is 1. The number of benzene rings is 2. The van der Waals surface area contributed by atoms with Crippen LogP contribution in [0, 0.1) is 17.0 Å². The number of nitro groups is 1. The number of nitrogens with zero attached hydrogens (tertiary/aromatic N) is 2. The van der Waals surface area contributed by atoms with Gasteiger partial charge in [-0.05, 0) is 36.8 Å². The van der Waals surface area contributed by atoms with E-state index in [1.165, 1.54) is 0 Å². The van der Waals surface area contributed by atoms with Crippen LogP contribution >= 0.6 is 0 Å². The first-order valence-electron chi connectivity index (χ1n) is 8.68. The Hall–Kier alpha value is -2.80. The molecule has 1 aliphatic rings. The van der Waals surface area contributed by atoms with Crippen molar-refractivity contribution >= 4 is 17.1 Å². The second-order valence-electron chi connectivity index (χ2n) is 6.15. The first kappa shape index (κ1) is 18.0. The van der Waals surface area contributed by atoms with Crippen LogP contribution in [0.4, 0.5) is 17.1 Å². The van der Waals surface area contributed by atoms with Crippen LogP contribution in [0.5, 0.6) is 5.75 Å². The third kappa shape index (κ3) is 4.64. The Balaban J connectivity index is 1.63. The Morgan fingerprint density at radius 3 is 2.77 bits per heavy atom. The maximum atomic E-state index is 11.3. The summed E-state index contributed by atoms with van der Waals surface area (Å²) in [5, 5.41) is 14.4. The molecule has 1 heterocycles. The number of ether oxygens (including phenoxy) is 2. The monoisotopic (exact) mass is 357 g/mol. The van der Waals surface area contributed by atoms with E-state index in [0.717, 1.165) is 30.1 Å². The SMILES string of the molecule is Cc1cccc(OCCNc2cc(N3CCOCC3)ccc2[N+](=O)[O-])c1. The van der Waals surface area contributed by atoms with Crippen LogP contribution in [-0.4, -0.2) is 44.4 Å². The molecule has 0 radical (unpaired) electrons. The summed E-state index contributed by atoms with van der Waals surface area (Å²) in [6.45, 7) is 5.81. The lowest BCUT2D eigenvalue weighted by atomic mass is 10.2. The smallest absolute Gasteiger partial charge is 0.292 e. The van der Waals surface area contributed by atoms with Gasteiger partial charge in [0.25, 0.3) is 5.69 Å². The molecule has 1 fully saturated rings. The van der Waals surface area contributed by atoms with Gasteiger partial charge in [0.1, 0.15) is 18.0 Å². The number of anilines is 2. The minimum atomic E-state index is -0.368. The number of aryl methyl sites for hydroxylation is 1. The van der Waals surface area contributed by atoms with Crippen molar-refractivity contribution in [1.29, 1.82) is 0 Å². The molecule has 0 bridgehead atoms. The zero-order valence-corrected chi connectivity index (χ0v) is 14.8. The van der Waals surface area contributed by atoms with E-state index < -0.39 is 0 Å². The van der Waals surface area contributed by atoms with E-state index in [4.69, 9.17) is 9.47 Å². The van der Waals surface area contributed by atoms with E-state index in [2.05, 4.69) is 10.2 Å². The zero-order valence-electron chi connectivity index (χ0n) is 14.8. The van der Waals surface area contributed by atoms with Crippen molar-refractivity contribution in [2.45, 2.75) is 6.92 Å². The lowest BCUT2D eigenvalue weighted by Gasteiger charge is -2.29. The molecule has 7 nitrogen and oxygen atoms in total. The van der Waals surface area contributed by atoms with Gasteiger partial charge in [-0.15, -0.1) is 0 Å². The fraction of sp³-hybridized carbons (Fsp3) is 0.368. The number of nitrogens with one attached hydrogen (secondary N) is 1. The van der Waals surface area contributed by atoms with Gasteiger partial charge in [-0.25, -0.2) is 0 Å². The Morgan fingerprint density at radius 1 is 1.23 bits per heavy atom. The standard InChI is InChI=1S/C19H23N3O4/c1-15-3-2-4-17(13-15)26-10-7-20-18-14-16(5-6-19(18)22(23)24)21-8-11-25-12-9-21/h2-6,13-14,20H,7-12H2,1H3. The average Bonchev–Trinajstić information content (AvgIpc) is 2.66. The summed E-state index contributed by atoms with van der Waals surface area (Å²) >= 11 is 0. The average molecular weight is 357 g/mol. The Kier molecular flexibility index (Phi) is 5.91. The lowest BCUT2D eigenvalue weighted by Crippen LogP contribution is -2.36. The summed E-state index contributed by atoms with van der Waals surface area (Å²) in [6, 6.07) is 13.0. The number of hydrogen-bond donors (Lipinski definition) is 1. The van der Waals surface area contributed by atoms with Crippen LogP contribution < -0.4 is 15.0 Å². The van der Waals surface area contributed by atoms with Crippen LogP contribution in [0.25, 0.3) is 0 Å². The fourth-order valence-electron chi connectivity index (χ4n) is 2.90. The molecule has 0 amide bonds. The minimum Gasteiger partial charge on any atom is -0.492 e. The molecule has 0 saturated carbocycles. The van der Waals surface area contributed by atoms with Crippen molar-refractivity contribution in [3.05, 3.63) is 58.1 Å². The summed E-state index contributed by atoms with van der Waals surface area (Å²) in [5.41, 5.74) is 2.66. The van der Waals surface area contributed by atoms with Gasteiger partial charge in [0.05, 0.1) is 18.1 Å². The highest BCUT2D eigenvalue weighted by Crippen LogP contribution is 2.30. The van der Waals surface area contributed by atoms with Crippen LogP contribution in [0.15, 0.2) is 42.5 Å². The highest BCUT2D eigenvalue weighted by molar-refractivity contribution is 5.69.